The van der Waals surface area contributed by atoms with Crippen LogP contribution in [0.25, 0.3) is 11.0 Å². The van der Waals surface area contributed by atoms with Gasteiger partial charge < -0.3 is 19.9 Å². The number of benzene rings is 2. The van der Waals surface area contributed by atoms with Gasteiger partial charge in [0.05, 0.1) is 47.0 Å². The molecule has 1 atom stereocenters. The van der Waals surface area contributed by atoms with Crippen molar-refractivity contribution in [3.8, 4) is 0 Å². The number of halogens is 1. The second-order valence-electron chi connectivity index (χ2n) is 9.42. The van der Waals surface area contributed by atoms with E-state index in [1.54, 1.807) is 12.1 Å². The molecule has 2 fully saturated rings. The van der Waals surface area contributed by atoms with E-state index < -0.39 is 22.9 Å². The number of carbonyl (C=O) groups excluding carboxylic acids is 3. The number of H-pyrrole nitrogens is 1. The highest BCUT2D eigenvalue weighted by Crippen LogP contribution is 2.28. The molecule has 3 heterocycles. The third-order valence-electron chi connectivity index (χ3n) is 6.72. The van der Waals surface area contributed by atoms with Gasteiger partial charge in [0.2, 0.25) is 11.7 Å². The number of nitro groups is 1. The number of imidazole rings is 1. The first-order chi connectivity index (χ1) is 18.7. The molecule has 2 aliphatic heterocycles. The Morgan fingerprint density at radius 2 is 1.97 bits per heavy atom. The highest BCUT2D eigenvalue weighted by molar-refractivity contribution is 5.97. The van der Waals surface area contributed by atoms with Gasteiger partial charge in [0.25, 0.3) is 5.69 Å². The first-order valence-corrected chi connectivity index (χ1v) is 12.3. The van der Waals surface area contributed by atoms with E-state index in [1.807, 2.05) is 9.80 Å². The van der Waals surface area contributed by atoms with E-state index in [0.717, 1.165) is 0 Å². The van der Waals surface area contributed by atoms with E-state index in [4.69, 9.17) is 4.74 Å². The summed E-state index contributed by atoms with van der Waals surface area (Å²) in [6.45, 7) is 3.87. The summed E-state index contributed by atoms with van der Waals surface area (Å²) in [5.74, 6) is -0.819. The van der Waals surface area contributed by atoms with Crippen LogP contribution >= 0.6 is 0 Å². The Hall–Kier alpha value is -4.59. The molecule has 0 saturated carbocycles. The van der Waals surface area contributed by atoms with Gasteiger partial charge in [0.1, 0.15) is 11.9 Å². The molecule has 204 valence electrons. The maximum Gasteiger partial charge on any atom is 0.414 e. The number of Topliss-reactive ketones (excluding diaryl/α,β-unsaturated/α-hetero) is 1. The number of cyclic esters (lactones) is 1. The van der Waals surface area contributed by atoms with Crippen LogP contribution in [-0.2, 0) is 9.53 Å². The molecule has 0 spiro atoms. The number of nitrogens with zero attached hydrogens (tertiary/aromatic N) is 5. The lowest BCUT2D eigenvalue weighted by molar-refractivity contribution is -0.384. The van der Waals surface area contributed by atoms with Gasteiger partial charge in [-0.3, -0.25) is 29.5 Å². The summed E-state index contributed by atoms with van der Waals surface area (Å²) < 4.78 is 20.3. The Morgan fingerprint density at radius 1 is 1.21 bits per heavy atom. The van der Waals surface area contributed by atoms with Crippen LogP contribution in [-0.4, -0.2) is 89.5 Å². The molecule has 0 radical (unpaired) electrons. The normalized spacial score (nSPS) is 17.9. The predicted octanol–water partition coefficient (Wildman–Crippen LogP) is 2.08. The molecular weight excluding hydrogens is 513 g/mol. The van der Waals surface area contributed by atoms with Crippen molar-refractivity contribution in [3.05, 3.63) is 58.2 Å². The highest BCUT2D eigenvalue weighted by atomic mass is 19.1. The number of hydrogen-bond acceptors (Lipinski definition) is 9. The molecule has 2 N–H and O–H groups in total. The first kappa shape index (κ1) is 26.0. The third-order valence-corrected chi connectivity index (χ3v) is 6.72. The Labute approximate surface area is 221 Å². The molecule has 5 rings (SSSR count). The lowest BCUT2D eigenvalue weighted by atomic mass is 10.2. The molecule has 39 heavy (non-hydrogen) atoms. The number of anilines is 2. The van der Waals surface area contributed by atoms with Crippen molar-refractivity contribution in [1.29, 1.82) is 0 Å². The Balaban J connectivity index is 1.17. The van der Waals surface area contributed by atoms with Gasteiger partial charge in [-0.2, -0.15) is 0 Å². The molecule has 0 aliphatic carbocycles. The second kappa shape index (κ2) is 10.6. The molecule has 1 unspecified atom stereocenters. The molecule has 0 bridgehead atoms. The molecule has 2 amide bonds. The maximum absolute atomic E-state index is 15.1. The van der Waals surface area contributed by atoms with Gasteiger partial charge in [-0.05, 0) is 24.3 Å². The number of ketones is 1. The van der Waals surface area contributed by atoms with Crippen LogP contribution in [0.2, 0.25) is 0 Å². The molecule has 2 aromatic carbocycles. The van der Waals surface area contributed by atoms with E-state index in [9.17, 15) is 24.5 Å². The molecule has 1 aromatic heterocycles. The number of rotatable bonds is 8. The molecule has 13 nitrogen and oxygen atoms in total. The van der Waals surface area contributed by atoms with Crippen molar-refractivity contribution < 1.29 is 28.4 Å². The van der Waals surface area contributed by atoms with Gasteiger partial charge in [0.15, 0.2) is 5.82 Å². The van der Waals surface area contributed by atoms with Crippen molar-refractivity contribution in [1.82, 2.24) is 20.2 Å². The molecular formula is C25H26FN7O6. The van der Waals surface area contributed by atoms with Crippen LogP contribution in [0.4, 0.5) is 26.2 Å². The maximum atomic E-state index is 15.1. The molecule has 3 aromatic rings. The van der Waals surface area contributed by atoms with Crippen molar-refractivity contribution in [2.75, 3.05) is 55.6 Å². The number of amides is 2. The highest BCUT2D eigenvalue weighted by Gasteiger charge is 2.33. The van der Waals surface area contributed by atoms with E-state index in [-0.39, 0.29) is 42.8 Å². The summed E-state index contributed by atoms with van der Waals surface area (Å²) in [7, 11) is 0. The zero-order valence-electron chi connectivity index (χ0n) is 21.1. The SMILES string of the molecule is CC(=O)NCC1CN(c2ccc(N3CCN(CC(=O)c4nc5ccc([N+](=O)[O-])cc5[nH]4)CC3)c(F)c2)C(=O)O1. The van der Waals surface area contributed by atoms with Crippen molar-refractivity contribution in [2.45, 2.75) is 13.0 Å². The van der Waals surface area contributed by atoms with Crippen molar-refractivity contribution in [3.63, 3.8) is 0 Å². The summed E-state index contributed by atoms with van der Waals surface area (Å²) >= 11 is 0. The fourth-order valence-corrected chi connectivity index (χ4v) is 4.68. The summed E-state index contributed by atoms with van der Waals surface area (Å²) in [4.78, 5) is 58.9. The number of nitrogens with one attached hydrogen (secondary N) is 2. The second-order valence-corrected chi connectivity index (χ2v) is 9.42. The topological polar surface area (TPSA) is 154 Å². The fraction of sp³-hybridized carbons (Fsp3) is 0.360. The minimum atomic E-state index is -0.599. The van der Waals surface area contributed by atoms with Gasteiger partial charge in [-0.15, -0.1) is 0 Å². The number of aromatic nitrogens is 2. The molecule has 14 heteroatoms. The Bertz CT molecular complexity index is 1450. The summed E-state index contributed by atoms with van der Waals surface area (Å²) in [6.07, 6.45) is -1.11. The van der Waals surface area contributed by atoms with Crippen LogP contribution in [0.1, 0.15) is 17.5 Å². The van der Waals surface area contributed by atoms with Crippen LogP contribution in [0.15, 0.2) is 36.4 Å². The van der Waals surface area contributed by atoms with Gasteiger partial charge in [-0.25, -0.2) is 14.2 Å². The van der Waals surface area contributed by atoms with Crippen LogP contribution < -0.4 is 15.1 Å². The Morgan fingerprint density at radius 3 is 2.67 bits per heavy atom. The molecule has 2 aliphatic rings. The smallest absolute Gasteiger partial charge is 0.414 e. The number of ether oxygens (including phenoxy) is 1. The number of fused-ring (bicyclic) bond motifs is 1. The fourth-order valence-electron chi connectivity index (χ4n) is 4.68. The summed E-state index contributed by atoms with van der Waals surface area (Å²) in [5, 5.41) is 13.6. The quantitative estimate of drug-likeness (QED) is 0.249. The number of nitro benzene ring substituents is 1. The molecule has 2 saturated heterocycles. The van der Waals surface area contributed by atoms with E-state index in [2.05, 4.69) is 15.3 Å². The number of hydrogen-bond donors (Lipinski definition) is 2. The van der Waals surface area contributed by atoms with E-state index >= 15 is 4.39 Å². The van der Waals surface area contributed by atoms with Crippen LogP contribution in [0.3, 0.4) is 0 Å². The standard InChI is InChI=1S/C25H26FN7O6/c1-15(34)27-12-18-13-32(25(36)39-18)16-3-5-22(19(26)10-16)31-8-6-30(7-9-31)14-23(35)24-28-20-4-2-17(33(37)38)11-21(20)29-24/h2-5,10-11,18H,6-9,12-14H2,1H3,(H,27,34)(H,28,29). The monoisotopic (exact) mass is 539 g/mol. The predicted molar refractivity (Wildman–Crippen MR) is 138 cm³/mol. The lowest BCUT2D eigenvalue weighted by Crippen LogP contribution is -2.48. The average molecular weight is 540 g/mol. The number of piperazine rings is 1. The van der Waals surface area contributed by atoms with E-state index in [1.165, 1.54) is 36.1 Å². The number of aromatic amines is 1. The number of carbonyl (C=O) groups is 3. The van der Waals surface area contributed by atoms with E-state index in [0.29, 0.717) is 48.6 Å². The zero-order chi connectivity index (χ0) is 27.7. The van der Waals surface area contributed by atoms with Gasteiger partial charge in [-0.1, -0.05) is 0 Å². The average Bonchev–Trinajstić information content (AvgIpc) is 3.51. The van der Waals surface area contributed by atoms with Crippen LogP contribution in [0.5, 0.6) is 0 Å². The van der Waals surface area contributed by atoms with Gasteiger partial charge >= 0.3 is 6.09 Å². The summed E-state index contributed by atoms with van der Waals surface area (Å²) in [6, 6.07) is 8.74. The van der Waals surface area contributed by atoms with Gasteiger partial charge in [0, 0.05) is 45.2 Å². The minimum absolute atomic E-state index is 0.0898. The lowest BCUT2D eigenvalue weighted by Gasteiger charge is -2.35. The zero-order valence-corrected chi connectivity index (χ0v) is 21.1. The largest absolute Gasteiger partial charge is 0.442 e. The minimum Gasteiger partial charge on any atom is -0.442 e. The van der Waals surface area contributed by atoms with Crippen molar-refractivity contribution >= 4 is 45.9 Å². The number of non-ortho nitro benzene ring substituents is 1. The summed E-state index contributed by atoms with van der Waals surface area (Å²) in [5.41, 5.74) is 1.56. The first-order valence-electron chi connectivity index (χ1n) is 12.3. The van der Waals surface area contributed by atoms with Crippen LogP contribution in [0, 0.1) is 15.9 Å². The van der Waals surface area contributed by atoms with Crippen molar-refractivity contribution in [2.24, 2.45) is 0 Å². The third kappa shape index (κ3) is 5.65. The Kier molecular flexibility index (Phi) is 7.11.